The van der Waals surface area contributed by atoms with Crippen LogP contribution in [0.15, 0.2) is 34.9 Å². The van der Waals surface area contributed by atoms with Gasteiger partial charge in [0.05, 0.1) is 11.9 Å². The van der Waals surface area contributed by atoms with E-state index in [0.29, 0.717) is 5.69 Å². The molecule has 4 heteroatoms. The van der Waals surface area contributed by atoms with Gasteiger partial charge >= 0.3 is 0 Å². The van der Waals surface area contributed by atoms with Gasteiger partial charge < -0.3 is 11.1 Å². The number of aryl methyl sites for hydroxylation is 2. The van der Waals surface area contributed by atoms with Crippen LogP contribution in [0, 0.1) is 13.8 Å². The third kappa shape index (κ3) is 2.77. The summed E-state index contributed by atoms with van der Waals surface area (Å²) >= 11 is 3.46. The van der Waals surface area contributed by atoms with Gasteiger partial charge in [-0.1, -0.05) is 22.0 Å². The van der Waals surface area contributed by atoms with Crippen molar-refractivity contribution < 1.29 is 0 Å². The van der Waals surface area contributed by atoms with Gasteiger partial charge in [-0.2, -0.15) is 0 Å². The number of pyridine rings is 1. The standard InChI is InChI=1S/C13H14BrN3/c1-8-3-4-10(14)6-12(8)17-13-9(2)5-11(15)7-16-13/h3-7H,15H2,1-2H3,(H,16,17). The Balaban J connectivity index is 2.34. The van der Waals surface area contributed by atoms with Crippen molar-refractivity contribution in [3.8, 4) is 0 Å². The second-order valence-corrected chi connectivity index (χ2v) is 4.93. The molecule has 3 nitrogen and oxygen atoms in total. The quantitative estimate of drug-likeness (QED) is 0.885. The van der Waals surface area contributed by atoms with Crippen LogP contribution in [0.2, 0.25) is 0 Å². The molecule has 0 atom stereocenters. The first-order valence-electron chi connectivity index (χ1n) is 5.31. The third-order valence-corrected chi connectivity index (χ3v) is 3.05. The molecule has 3 N–H and O–H groups in total. The monoisotopic (exact) mass is 291 g/mol. The Morgan fingerprint density at radius 1 is 1.18 bits per heavy atom. The lowest BCUT2D eigenvalue weighted by molar-refractivity contribution is 1.25. The number of hydrogen-bond donors (Lipinski definition) is 2. The molecule has 88 valence electrons. The van der Waals surface area contributed by atoms with Gasteiger partial charge in [0.1, 0.15) is 5.82 Å². The molecule has 1 heterocycles. The molecule has 0 unspecified atom stereocenters. The summed E-state index contributed by atoms with van der Waals surface area (Å²) in [6.07, 6.45) is 1.66. The van der Waals surface area contributed by atoms with Gasteiger partial charge in [0.2, 0.25) is 0 Å². The zero-order valence-electron chi connectivity index (χ0n) is 9.79. The minimum absolute atomic E-state index is 0.680. The van der Waals surface area contributed by atoms with Gasteiger partial charge in [0.25, 0.3) is 0 Å². The van der Waals surface area contributed by atoms with E-state index >= 15 is 0 Å². The summed E-state index contributed by atoms with van der Waals surface area (Å²) in [7, 11) is 0. The predicted octanol–water partition coefficient (Wildman–Crippen LogP) is 3.79. The van der Waals surface area contributed by atoms with Crippen molar-refractivity contribution in [1.82, 2.24) is 4.98 Å². The Bertz CT molecular complexity index is 552. The Hall–Kier alpha value is -1.55. The van der Waals surface area contributed by atoms with Crippen LogP contribution in [0.3, 0.4) is 0 Å². The van der Waals surface area contributed by atoms with Crippen LogP contribution in [-0.4, -0.2) is 4.98 Å². The van der Waals surface area contributed by atoms with Crippen LogP contribution in [0.25, 0.3) is 0 Å². The second-order valence-electron chi connectivity index (χ2n) is 4.02. The molecule has 0 fully saturated rings. The molecule has 0 aliphatic heterocycles. The van der Waals surface area contributed by atoms with Crippen LogP contribution < -0.4 is 11.1 Å². The first kappa shape index (κ1) is 11.9. The Labute approximate surface area is 109 Å². The van der Waals surface area contributed by atoms with Crippen molar-refractivity contribution in [2.75, 3.05) is 11.1 Å². The zero-order valence-corrected chi connectivity index (χ0v) is 11.4. The predicted molar refractivity (Wildman–Crippen MR) is 75.5 cm³/mol. The summed E-state index contributed by atoms with van der Waals surface area (Å²) in [4.78, 5) is 4.29. The van der Waals surface area contributed by atoms with E-state index < -0.39 is 0 Å². The van der Waals surface area contributed by atoms with E-state index in [4.69, 9.17) is 5.73 Å². The molecule has 0 radical (unpaired) electrons. The number of nitrogens with one attached hydrogen (secondary N) is 1. The summed E-state index contributed by atoms with van der Waals surface area (Å²) in [5.74, 6) is 0.834. The van der Waals surface area contributed by atoms with Gasteiger partial charge in [-0.15, -0.1) is 0 Å². The topological polar surface area (TPSA) is 50.9 Å². The molecule has 17 heavy (non-hydrogen) atoms. The van der Waals surface area contributed by atoms with Crippen LogP contribution in [0.4, 0.5) is 17.2 Å². The molecule has 0 aliphatic carbocycles. The maximum absolute atomic E-state index is 5.68. The van der Waals surface area contributed by atoms with Crippen molar-refractivity contribution >= 4 is 33.1 Å². The fourth-order valence-corrected chi connectivity index (χ4v) is 1.94. The van der Waals surface area contributed by atoms with Crippen molar-refractivity contribution in [3.63, 3.8) is 0 Å². The van der Waals surface area contributed by atoms with Crippen LogP contribution in [-0.2, 0) is 0 Å². The molecular weight excluding hydrogens is 278 g/mol. The van der Waals surface area contributed by atoms with E-state index in [1.54, 1.807) is 6.20 Å². The maximum atomic E-state index is 5.68. The molecule has 0 aliphatic rings. The van der Waals surface area contributed by atoms with Crippen molar-refractivity contribution in [1.29, 1.82) is 0 Å². The van der Waals surface area contributed by atoms with Crippen LogP contribution in [0.5, 0.6) is 0 Å². The van der Waals surface area contributed by atoms with E-state index in [0.717, 1.165) is 21.5 Å². The number of rotatable bonds is 2. The molecule has 0 bridgehead atoms. The molecule has 2 aromatic rings. The number of halogens is 1. The Morgan fingerprint density at radius 2 is 1.94 bits per heavy atom. The van der Waals surface area contributed by atoms with Gasteiger partial charge in [-0.3, -0.25) is 0 Å². The first-order chi connectivity index (χ1) is 8.06. The van der Waals surface area contributed by atoms with E-state index in [1.807, 2.05) is 25.1 Å². The van der Waals surface area contributed by atoms with Crippen molar-refractivity contribution in [3.05, 3.63) is 46.1 Å². The molecular formula is C13H14BrN3. The molecule has 0 saturated carbocycles. The summed E-state index contributed by atoms with van der Waals surface area (Å²) in [6.45, 7) is 4.04. The highest BCUT2D eigenvalue weighted by Crippen LogP contribution is 2.25. The highest BCUT2D eigenvalue weighted by Gasteiger charge is 2.04. The van der Waals surface area contributed by atoms with Crippen LogP contribution in [0.1, 0.15) is 11.1 Å². The van der Waals surface area contributed by atoms with Crippen molar-refractivity contribution in [2.45, 2.75) is 13.8 Å². The van der Waals surface area contributed by atoms with E-state index in [-0.39, 0.29) is 0 Å². The van der Waals surface area contributed by atoms with Gasteiger partial charge in [-0.25, -0.2) is 4.98 Å². The van der Waals surface area contributed by atoms with E-state index in [9.17, 15) is 0 Å². The number of benzene rings is 1. The van der Waals surface area contributed by atoms with E-state index in [2.05, 4.69) is 39.2 Å². The normalized spacial score (nSPS) is 10.3. The number of nitrogen functional groups attached to an aromatic ring is 1. The first-order valence-corrected chi connectivity index (χ1v) is 6.11. The summed E-state index contributed by atoms with van der Waals surface area (Å²) in [6, 6.07) is 8.01. The fraction of sp³-hybridized carbons (Fsp3) is 0.154. The lowest BCUT2D eigenvalue weighted by Crippen LogP contribution is -1.99. The largest absolute Gasteiger partial charge is 0.397 e. The minimum Gasteiger partial charge on any atom is -0.397 e. The van der Waals surface area contributed by atoms with Crippen molar-refractivity contribution in [2.24, 2.45) is 0 Å². The summed E-state index contributed by atoms with van der Waals surface area (Å²) in [5, 5.41) is 3.31. The van der Waals surface area contributed by atoms with Gasteiger partial charge in [0, 0.05) is 10.2 Å². The lowest BCUT2D eigenvalue weighted by atomic mass is 10.2. The number of anilines is 3. The molecule has 0 amide bonds. The summed E-state index contributed by atoms with van der Waals surface area (Å²) in [5.41, 5.74) is 9.60. The SMILES string of the molecule is Cc1ccc(Br)cc1Nc1ncc(N)cc1C. The highest BCUT2D eigenvalue weighted by atomic mass is 79.9. The molecule has 1 aromatic heterocycles. The third-order valence-electron chi connectivity index (χ3n) is 2.55. The Kier molecular flexibility index (Phi) is 3.33. The smallest absolute Gasteiger partial charge is 0.133 e. The lowest BCUT2D eigenvalue weighted by Gasteiger charge is -2.11. The zero-order chi connectivity index (χ0) is 12.4. The molecule has 0 spiro atoms. The van der Waals surface area contributed by atoms with Gasteiger partial charge in [-0.05, 0) is 43.2 Å². The minimum atomic E-state index is 0.680. The fourth-order valence-electron chi connectivity index (χ4n) is 1.58. The van der Waals surface area contributed by atoms with Crippen LogP contribution >= 0.6 is 15.9 Å². The number of aromatic nitrogens is 1. The molecule has 0 saturated heterocycles. The number of hydrogen-bond acceptors (Lipinski definition) is 3. The average molecular weight is 292 g/mol. The second kappa shape index (κ2) is 4.75. The average Bonchev–Trinajstić information content (AvgIpc) is 2.27. The Morgan fingerprint density at radius 3 is 2.65 bits per heavy atom. The molecule has 2 rings (SSSR count). The van der Waals surface area contributed by atoms with E-state index in [1.165, 1.54) is 5.56 Å². The van der Waals surface area contributed by atoms with Gasteiger partial charge in [0.15, 0.2) is 0 Å². The number of nitrogens with zero attached hydrogens (tertiary/aromatic N) is 1. The summed E-state index contributed by atoms with van der Waals surface area (Å²) < 4.78 is 1.04. The highest BCUT2D eigenvalue weighted by molar-refractivity contribution is 9.10. The molecule has 1 aromatic carbocycles. The number of nitrogens with two attached hydrogens (primary N) is 1. The maximum Gasteiger partial charge on any atom is 0.133 e.